The minimum atomic E-state index is -0.718. The van der Waals surface area contributed by atoms with Crippen LogP contribution >= 0.6 is 23.1 Å². The number of Topliss-reactive ketones (excluding diaryl/α,β-unsaturated/α-hetero) is 1. The molecule has 1 saturated heterocycles. The van der Waals surface area contributed by atoms with E-state index in [0.29, 0.717) is 35.1 Å². The molecule has 3 heterocycles. The lowest BCUT2D eigenvalue weighted by molar-refractivity contribution is -0.119. The standard InChI is InChI=1S/C22H19NO4S2/c1-13-21(23-22(27-13)14-5-3-2-4-6-14)17(24)10-9-15-7-8-16(28-15)11-19-18(25)12-20(26)29-19/h2-8,11,17,24H,9-10,12H2,1H3. The fourth-order valence-corrected chi connectivity index (χ4v) is 4.98. The van der Waals surface area contributed by atoms with Crippen LogP contribution in [0.5, 0.6) is 0 Å². The van der Waals surface area contributed by atoms with E-state index in [0.717, 1.165) is 27.1 Å². The lowest BCUT2D eigenvalue weighted by Gasteiger charge is -2.06. The summed E-state index contributed by atoms with van der Waals surface area (Å²) >= 11 is 2.57. The van der Waals surface area contributed by atoms with Gasteiger partial charge in [-0.15, -0.1) is 11.3 Å². The lowest BCUT2D eigenvalue weighted by Crippen LogP contribution is -2.01. The average Bonchev–Trinajstić information content (AvgIpc) is 3.40. The summed E-state index contributed by atoms with van der Waals surface area (Å²) in [7, 11) is 0. The van der Waals surface area contributed by atoms with E-state index in [2.05, 4.69) is 4.98 Å². The molecule has 0 amide bonds. The highest BCUT2D eigenvalue weighted by Crippen LogP contribution is 2.33. The Morgan fingerprint density at radius 3 is 2.72 bits per heavy atom. The molecule has 148 valence electrons. The minimum Gasteiger partial charge on any atom is -0.441 e. The average molecular weight is 426 g/mol. The summed E-state index contributed by atoms with van der Waals surface area (Å²) in [5, 5.41) is 10.5. The number of carbonyl (C=O) groups is 2. The Morgan fingerprint density at radius 1 is 1.21 bits per heavy atom. The van der Waals surface area contributed by atoms with Crippen LogP contribution in [-0.2, 0) is 16.0 Å². The van der Waals surface area contributed by atoms with Crippen LogP contribution in [0.2, 0.25) is 0 Å². The number of aryl methyl sites for hydroxylation is 2. The van der Waals surface area contributed by atoms with E-state index >= 15 is 0 Å². The maximum atomic E-state index is 11.7. The van der Waals surface area contributed by atoms with Crippen LogP contribution < -0.4 is 0 Å². The molecule has 0 saturated carbocycles. The molecule has 3 aromatic rings. The first kappa shape index (κ1) is 19.8. The van der Waals surface area contributed by atoms with E-state index in [1.807, 2.05) is 49.4 Å². The number of aromatic nitrogens is 1. The van der Waals surface area contributed by atoms with Gasteiger partial charge in [-0.1, -0.05) is 18.2 Å². The molecule has 1 N–H and O–H groups in total. The van der Waals surface area contributed by atoms with Gasteiger partial charge < -0.3 is 9.52 Å². The van der Waals surface area contributed by atoms with Crippen LogP contribution in [0.4, 0.5) is 0 Å². The van der Waals surface area contributed by atoms with E-state index < -0.39 is 6.10 Å². The number of thioether (sulfide) groups is 1. The van der Waals surface area contributed by atoms with Crippen molar-refractivity contribution in [1.29, 1.82) is 0 Å². The van der Waals surface area contributed by atoms with Gasteiger partial charge in [0.1, 0.15) is 11.5 Å². The molecule has 0 radical (unpaired) electrons. The molecule has 1 aromatic carbocycles. The number of nitrogens with zero attached hydrogens (tertiary/aromatic N) is 1. The molecule has 1 fully saturated rings. The van der Waals surface area contributed by atoms with Crippen LogP contribution in [0.3, 0.4) is 0 Å². The van der Waals surface area contributed by atoms with Gasteiger partial charge >= 0.3 is 0 Å². The summed E-state index contributed by atoms with van der Waals surface area (Å²) in [5.74, 6) is 1.02. The Morgan fingerprint density at radius 2 is 2.00 bits per heavy atom. The van der Waals surface area contributed by atoms with Crippen LogP contribution in [0, 0.1) is 6.92 Å². The maximum absolute atomic E-state index is 11.7. The van der Waals surface area contributed by atoms with Crippen LogP contribution in [0.1, 0.15) is 40.2 Å². The van der Waals surface area contributed by atoms with Gasteiger partial charge in [0.25, 0.3) is 0 Å². The van der Waals surface area contributed by atoms with Crippen molar-refractivity contribution in [3.05, 3.63) is 68.6 Å². The normalized spacial score (nSPS) is 16.7. The maximum Gasteiger partial charge on any atom is 0.226 e. The Hall–Kier alpha value is -2.48. The quantitative estimate of drug-likeness (QED) is 0.445. The number of aliphatic hydroxyl groups is 1. The third-order valence-corrected chi connectivity index (χ3v) is 6.62. The second-order valence-corrected chi connectivity index (χ2v) is 9.07. The van der Waals surface area contributed by atoms with Crippen LogP contribution in [-0.4, -0.2) is 21.0 Å². The van der Waals surface area contributed by atoms with Crippen molar-refractivity contribution in [1.82, 2.24) is 4.98 Å². The first-order valence-electron chi connectivity index (χ1n) is 9.24. The van der Waals surface area contributed by atoms with E-state index in [9.17, 15) is 14.7 Å². The zero-order valence-corrected chi connectivity index (χ0v) is 17.4. The molecule has 1 aliphatic heterocycles. The van der Waals surface area contributed by atoms with Crippen molar-refractivity contribution in [3.63, 3.8) is 0 Å². The molecule has 1 unspecified atom stereocenters. The molecular weight excluding hydrogens is 406 g/mol. The van der Waals surface area contributed by atoms with Gasteiger partial charge in [0.2, 0.25) is 11.0 Å². The van der Waals surface area contributed by atoms with Gasteiger partial charge in [-0.25, -0.2) is 4.98 Å². The van der Waals surface area contributed by atoms with Gasteiger partial charge in [0.15, 0.2) is 5.78 Å². The largest absolute Gasteiger partial charge is 0.441 e. The predicted molar refractivity (Wildman–Crippen MR) is 114 cm³/mol. The van der Waals surface area contributed by atoms with E-state index in [-0.39, 0.29) is 17.3 Å². The topological polar surface area (TPSA) is 80.4 Å². The number of benzene rings is 1. The van der Waals surface area contributed by atoms with E-state index in [1.54, 1.807) is 17.4 Å². The third-order valence-electron chi connectivity index (χ3n) is 4.59. The smallest absolute Gasteiger partial charge is 0.226 e. The summed E-state index contributed by atoms with van der Waals surface area (Å²) in [4.78, 5) is 30.1. The Bertz CT molecular complexity index is 1080. The van der Waals surface area contributed by atoms with Gasteiger partial charge in [-0.2, -0.15) is 0 Å². The van der Waals surface area contributed by atoms with Crippen molar-refractivity contribution < 1.29 is 19.1 Å². The van der Waals surface area contributed by atoms with E-state index in [1.165, 1.54) is 0 Å². The van der Waals surface area contributed by atoms with E-state index in [4.69, 9.17) is 4.42 Å². The highest BCUT2D eigenvalue weighted by molar-refractivity contribution is 8.18. The van der Waals surface area contributed by atoms with Crippen molar-refractivity contribution in [2.45, 2.75) is 32.3 Å². The van der Waals surface area contributed by atoms with Crippen molar-refractivity contribution in [3.8, 4) is 11.5 Å². The summed E-state index contributed by atoms with van der Waals surface area (Å²) in [6, 6.07) is 13.5. The molecule has 4 rings (SSSR count). The van der Waals surface area contributed by atoms with Gasteiger partial charge in [0.05, 0.1) is 17.4 Å². The zero-order valence-electron chi connectivity index (χ0n) is 15.8. The fourth-order valence-electron chi connectivity index (χ4n) is 3.12. The number of aliphatic hydroxyl groups excluding tert-OH is 1. The van der Waals surface area contributed by atoms with Crippen molar-refractivity contribution in [2.24, 2.45) is 0 Å². The Kier molecular flexibility index (Phi) is 5.80. The molecular formula is C22H19NO4S2. The predicted octanol–water partition coefficient (Wildman–Crippen LogP) is 4.95. The highest BCUT2D eigenvalue weighted by Gasteiger charge is 2.26. The highest BCUT2D eigenvalue weighted by atomic mass is 32.2. The summed E-state index contributed by atoms with van der Waals surface area (Å²) < 4.78 is 5.73. The first-order chi connectivity index (χ1) is 14.0. The van der Waals surface area contributed by atoms with Crippen LogP contribution in [0.15, 0.2) is 51.8 Å². The van der Waals surface area contributed by atoms with Crippen molar-refractivity contribution in [2.75, 3.05) is 0 Å². The summed E-state index contributed by atoms with van der Waals surface area (Å²) in [6.07, 6.45) is 2.25. The molecule has 29 heavy (non-hydrogen) atoms. The molecule has 1 atom stereocenters. The second kappa shape index (κ2) is 8.49. The molecule has 2 aromatic heterocycles. The summed E-state index contributed by atoms with van der Waals surface area (Å²) in [6.45, 7) is 1.81. The van der Waals surface area contributed by atoms with Gasteiger partial charge in [-0.3, -0.25) is 9.59 Å². The number of oxazole rings is 1. The monoisotopic (exact) mass is 425 g/mol. The van der Waals surface area contributed by atoms with Crippen LogP contribution in [0.25, 0.3) is 17.5 Å². The number of carbonyl (C=O) groups excluding carboxylic acids is 2. The minimum absolute atomic E-state index is 0.0110. The molecule has 0 bridgehead atoms. The number of hydrogen-bond donors (Lipinski definition) is 1. The number of ketones is 1. The summed E-state index contributed by atoms with van der Waals surface area (Å²) in [5.41, 5.74) is 1.44. The molecule has 0 spiro atoms. The number of hydrogen-bond acceptors (Lipinski definition) is 7. The Labute approximate surface area is 176 Å². The van der Waals surface area contributed by atoms with Gasteiger partial charge in [0, 0.05) is 15.3 Å². The van der Waals surface area contributed by atoms with Crippen molar-refractivity contribution >= 4 is 40.1 Å². The molecule has 5 nitrogen and oxygen atoms in total. The molecule has 7 heteroatoms. The lowest BCUT2D eigenvalue weighted by atomic mass is 10.1. The third kappa shape index (κ3) is 4.58. The zero-order chi connectivity index (χ0) is 20.4. The number of rotatable bonds is 6. The SMILES string of the molecule is Cc1oc(-c2ccccc2)nc1C(O)CCc1ccc(C=C2SC(=O)CC2=O)s1. The fraction of sp³-hybridized carbons (Fsp3) is 0.227. The Balaban J connectivity index is 1.41. The second-order valence-electron chi connectivity index (χ2n) is 6.77. The number of thiophene rings is 1. The molecule has 0 aliphatic carbocycles. The molecule has 1 aliphatic rings. The first-order valence-corrected chi connectivity index (χ1v) is 10.9. The number of allylic oxidation sites excluding steroid dienone is 1. The van der Waals surface area contributed by atoms with Gasteiger partial charge in [-0.05, 0) is 61.9 Å².